The number of hydrogen-bond acceptors (Lipinski definition) is 9. The van der Waals surface area contributed by atoms with Crippen LogP contribution in [0.2, 0.25) is 0 Å². The van der Waals surface area contributed by atoms with Crippen molar-refractivity contribution in [3.05, 3.63) is 0 Å². The van der Waals surface area contributed by atoms with Gasteiger partial charge in [-0.1, -0.05) is 40.0 Å². The third-order valence-corrected chi connectivity index (χ3v) is 10.9. The molecular weight excluding hydrogens is 544 g/mol. The minimum atomic E-state index is -1.56. The van der Waals surface area contributed by atoms with Crippen molar-refractivity contribution in [2.75, 3.05) is 5.75 Å². The molecule has 1 aliphatic rings. The molecule has 212 valence electrons. The minimum Gasteiger partial charge on any atom is -0.481 e. The first-order valence-electron chi connectivity index (χ1n) is 12.3. The van der Waals surface area contributed by atoms with E-state index in [0.717, 1.165) is 32.1 Å². The zero-order chi connectivity index (χ0) is 28.2. The molecule has 0 aromatic carbocycles. The summed E-state index contributed by atoms with van der Waals surface area (Å²) in [6, 6.07) is -1.56. The van der Waals surface area contributed by atoms with E-state index < -0.39 is 68.8 Å². The molecule has 4 atom stereocenters. The number of carboxylic acid groups (broad SMARTS) is 2. The molecule has 0 radical (unpaired) electrons. The van der Waals surface area contributed by atoms with E-state index in [0.29, 0.717) is 18.6 Å². The lowest BCUT2D eigenvalue weighted by molar-refractivity contribution is -0.168. The van der Waals surface area contributed by atoms with Crippen molar-refractivity contribution in [2.24, 2.45) is 11.3 Å². The predicted octanol–water partition coefficient (Wildman–Crippen LogP) is 3.49. The van der Waals surface area contributed by atoms with Gasteiger partial charge in [-0.25, -0.2) is 9.59 Å². The van der Waals surface area contributed by atoms with Gasteiger partial charge in [0.25, 0.3) is 0 Å². The largest absolute Gasteiger partial charge is 0.481 e. The summed E-state index contributed by atoms with van der Waals surface area (Å²) in [5.41, 5.74) is -1.03. The van der Waals surface area contributed by atoms with Crippen molar-refractivity contribution in [1.29, 1.82) is 0 Å². The molecule has 14 heteroatoms. The predicted molar refractivity (Wildman–Crippen MR) is 145 cm³/mol. The lowest BCUT2D eigenvalue weighted by Gasteiger charge is -2.32. The number of aliphatic carboxylic acids is 2. The molecule has 0 aromatic rings. The number of carboxylic acids is 2. The lowest BCUT2D eigenvalue weighted by atomic mass is 9.86. The topological polar surface area (TPSA) is 168 Å². The molecule has 37 heavy (non-hydrogen) atoms. The molecular formula is C23H39N2O9S3+. The van der Waals surface area contributed by atoms with E-state index in [1.807, 2.05) is 6.92 Å². The molecule has 1 aliphatic carbocycles. The van der Waals surface area contributed by atoms with Gasteiger partial charge in [0.1, 0.15) is 27.2 Å². The van der Waals surface area contributed by atoms with Crippen LogP contribution in [0, 0.1) is 11.3 Å². The Kier molecular flexibility index (Phi) is 14.6. The van der Waals surface area contributed by atoms with Crippen LogP contribution in [-0.2, 0) is 38.8 Å². The summed E-state index contributed by atoms with van der Waals surface area (Å²) in [6.45, 7) is 6.82. The van der Waals surface area contributed by atoms with Crippen molar-refractivity contribution in [3.63, 3.8) is 0 Å². The minimum absolute atomic E-state index is 0.372. The average Bonchev–Trinajstić information content (AvgIpc) is 3.29. The van der Waals surface area contributed by atoms with Crippen LogP contribution >= 0.6 is 23.4 Å². The monoisotopic (exact) mass is 583 g/mol. The Bertz CT molecular complexity index is 806. The summed E-state index contributed by atoms with van der Waals surface area (Å²) in [4.78, 5) is 60.1. The zero-order valence-electron chi connectivity index (χ0n) is 21.7. The molecule has 2 amide bonds. The Hall–Kier alpha value is -1.80. The van der Waals surface area contributed by atoms with E-state index in [4.69, 9.17) is 27.2 Å². The summed E-state index contributed by atoms with van der Waals surface area (Å²) in [5, 5.41) is 20.8. The molecule has 0 saturated heterocycles. The molecule has 11 nitrogen and oxygen atoms in total. The van der Waals surface area contributed by atoms with E-state index in [1.54, 1.807) is 13.8 Å². The Balaban J connectivity index is 2.95. The lowest BCUT2D eigenvalue weighted by Crippen LogP contribution is -2.51. The van der Waals surface area contributed by atoms with E-state index in [1.165, 1.54) is 17.7 Å². The Morgan fingerprint density at radius 2 is 1.68 bits per heavy atom. The Labute approximate surface area is 229 Å². The molecule has 1 saturated carbocycles. The molecule has 0 heterocycles. The second-order valence-corrected chi connectivity index (χ2v) is 13.8. The highest BCUT2D eigenvalue weighted by molar-refractivity contribution is 8.75. The van der Waals surface area contributed by atoms with Gasteiger partial charge in [0.05, 0.1) is 17.8 Å². The fourth-order valence-electron chi connectivity index (χ4n) is 3.67. The molecule has 0 aliphatic heterocycles. The van der Waals surface area contributed by atoms with Crippen molar-refractivity contribution in [1.82, 2.24) is 10.0 Å². The number of amides is 2. The van der Waals surface area contributed by atoms with Crippen molar-refractivity contribution >= 4 is 63.4 Å². The fourth-order valence-corrected chi connectivity index (χ4v) is 8.88. The maximum absolute atomic E-state index is 13.3. The van der Waals surface area contributed by atoms with Crippen molar-refractivity contribution < 1.29 is 43.7 Å². The number of carbonyl (C=O) groups is 5. The summed E-state index contributed by atoms with van der Waals surface area (Å²) < 4.78 is 12.4. The van der Waals surface area contributed by atoms with E-state index in [2.05, 4.69) is 10.0 Å². The van der Waals surface area contributed by atoms with Gasteiger partial charge >= 0.3 is 24.0 Å². The Morgan fingerprint density at radius 3 is 2.19 bits per heavy atom. The first-order chi connectivity index (χ1) is 17.3. The highest BCUT2D eigenvalue weighted by atomic mass is 33.1. The third kappa shape index (κ3) is 11.2. The summed E-state index contributed by atoms with van der Waals surface area (Å²) in [6.07, 6.45) is 2.50. The quantitative estimate of drug-likeness (QED) is 0.0453. The number of nitrogens with one attached hydrogen (secondary N) is 2. The molecule has 4 unspecified atom stereocenters. The fraction of sp³-hybridized carbons (Fsp3) is 0.783. The van der Waals surface area contributed by atoms with Crippen LogP contribution in [0.25, 0.3) is 0 Å². The van der Waals surface area contributed by atoms with Crippen molar-refractivity contribution in [2.45, 2.75) is 96.0 Å². The normalized spacial score (nSPS) is 17.8. The van der Waals surface area contributed by atoms with Crippen molar-refractivity contribution in [3.8, 4) is 0 Å². The van der Waals surface area contributed by atoms with Crippen LogP contribution in [0.15, 0.2) is 0 Å². The Morgan fingerprint density at radius 1 is 1.05 bits per heavy atom. The van der Waals surface area contributed by atoms with Gasteiger partial charge in [0, 0.05) is 6.92 Å². The number of unbranched alkanes of at least 4 members (excludes halogenated alkanes) is 2. The first kappa shape index (κ1) is 33.2. The molecule has 0 aromatic heterocycles. The second kappa shape index (κ2) is 16.2. The second-order valence-electron chi connectivity index (χ2n) is 9.20. The van der Waals surface area contributed by atoms with Gasteiger partial charge < -0.3 is 25.0 Å². The summed E-state index contributed by atoms with van der Waals surface area (Å²) >= 11 is 4.72. The first-order valence-corrected chi connectivity index (χ1v) is 15.6. The van der Waals surface area contributed by atoms with Gasteiger partial charge in [0.2, 0.25) is 12.2 Å². The zero-order valence-corrected chi connectivity index (χ0v) is 24.2. The highest BCUT2D eigenvalue weighted by Gasteiger charge is 2.51. The van der Waals surface area contributed by atoms with Gasteiger partial charge in [-0.15, -0.1) is 4.72 Å². The van der Waals surface area contributed by atoms with Crippen LogP contribution in [0.3, 0.4) is 0 Å². The standard InChI is InChI=1S/C23H38N2O9S3/c1-5-6-9-12-37(25-22(32)34-15(4)33-19(30)14(2)3)36-21(35)23(10-7-8-11-23)20(31)24-16(18(28)29)13-17(26)27/h14-16,21H,5-13H2,1-4H3,(H4-,24,25,26,27,28,29,31,32,35)/p+1. The number of carbonyl (C=O) groups excluding carboxylic acids is 3. The highest BCUT2D eigenvalue weighted by Crippen LogP contribution is 2.49. The molecule has 1 fully saturated rings. The third-order valence-electron chi connectivity index (χ3n) is 5.77. The maximum Gasteiger partial charge on any atom is 0.452 e. The van der Waals surface area contributed by atoms with E-state index >= 15 is 0 Å². The summed E-state index contributed by atoms with van der Waals surface area (Å²) in [5.74, 6) is -3.59. The molecule has 1 rings (SSSR count). The molecule has 4 N–H and O–H groups in total. The molecule has 0 bridgehead atoms. The SMILES string of the molecule is CCCCC[S+](NC(=O)OC(C)OC(=O)C(C)C)SC(S)C1(C(=O)NC(CC(=O)O)C(=O)O)CCCC1. The van der Waals surface area contributed by atoms with Gasteiger partial charge in [-0.2, -0.15) is 12.6 Å². The maximum atomic E-state index is 13.3. The van der Waals surface area contributed by atoms with Crippen LogP contribution in [0.5, 0.6) is 0 Å². The number of thiol groups is 1. The van der Waals surface area contributed by atoms with E-state index in [-0.39, 0.29) is 5.92 Å². The summed E-state index contributed by atoms with van der Waals surface area (Å²) in [7, 11) is 0.483. The van der Waals surface area contributed by atoms with Gasteiger partial charge in [-0.05, 0) is 25.7 Å². The number of ether oxygens (including phenoxy) is 2. The molecule has 0 spiro atoms. The number of rotatable bonds is 16. The number of hydrogen-bond donors (Lipinski definition) is 5. The van der Waals surface area contributed by atoms with E-state index in [9.17, 15) is 29.1 Å². The average molecular weight is 584 g/mol. The van der Waals surface area contributed by atoms with Crippen LogP contribution < -0.4 is 10.0 Å². The van der Waals surface area contributed by atoms with Crippen LogP contribution in [-0.4, -0.2) is 62.8 Å². The smallest absolute Gasteiger partial charge is 0.452 e. The number of esters is 1. The van der Waals surface area contributed by atoms with Gasteiger partial charge in [-0.3, -0.25) is 14.4 Å². The van der Waals surface area contributed by atoms with Gasteiger partial charge in [0.15, 0.2) is 10.1 Å². The van der Waals surface area contributed by atoms with Crippen LogP contribution in [0.4, 0.5) is 4.79 Å². The van der Waals surface area contributed by atoms with Crippen LogP contribution in [0.1, 0.15) is 79.1 Å².